The molecule has 0 radical (unpaired) electrons. The number of fused-ring (bicyclic) bond motifs is 1. The Bertz CT molecular complexity index is 603. The van der Waals surface area contributed by atoms with Crippen LogP contribution in [0.5, 0.6) is 0 Å². The number of benzene rings is 1. The van der Waals surface area contributed by atoms with E-state index in [9.17, 15) is 8.42 Å². The Morgan fingerprint density at radius 3 is 2.71 bits per heavy atom. The molecule has 5 heteroatoms. The van der Waals surface area contributed by atoms with Gasteiger partial charge in [-0.25, -0.2) is 13.1 Å². The largest absolute Gasteiger partial charge is 0.385 e. The van der Waals surface area contributed by atoms with Crippen LogP contribution in [0.4, 0.5) is 5.69 Å². The summed E-state index contributed by atoms with van der Waals surface area (Å²) in [5, 5.41) is 3.27. The Labute approximate surface area is 128 Å². The summed E-state index contributed by atoms with van der Waals surface area (Å²) in [7, 11) is -3.44. The average Bonchev–Trinajstić information content (AvgIpc) is 2.43. The Hall–Kier alpha value is -1.07. The fourth-order valence-corrected chi connectivity index (χ4v) is 3.39. The molecule has 0 saturated carbocycles. The maximum atomic E-state index is 12.4. The lowest BCUT2D eigenvalue weighted by molar-refractivity contribution is 0.263. The highest BCUT2D eigenvalue weighted by molar-refractivity contribution is 7.89. The van der Waals surface area contributed by atoms with Gasteiger partial charge in [-0.1, -0.05) is 33.8 Å². The molecule has 1 atom stereocenters. The summed E-state index contributed by atoms with van der Waals surface area (Å²) in [6.45, 7) is 9.79. The van der Waals surface area contributed by atoms with Gasteiger partial charge in [0.2, 0.25) is 10.0 Å². The molecule has 1 heterocycles. The van der Waals surface area contributed by atoms with Gasteiger partial charge in [-0.05, 0) is 41.9 Å². The smallest absolute Gasteiger partial charge is 0.240 e. The van der Waals surface area contributed by atoms with E-state index in [0.717, 1.165) is 25.1 Å². The van der Waals surface area contributed by atoms with E-state index in [-0.39, 0.29) is 11.3 Å². The molecule has 118 valence electrons. The van der Waals surface area contributed by atoms with Gasteiger partial charge in [0.15, 0.2) is 0 Å². The van der Waals surface area contributed by atoms with E-state index < -0.39 is 10.0 Å². The minimum absolute atomic E-state index is 0.0833. The molecule has 2 rings (SSSR count). The first kappa shape index (κ1) is 16.3. The lowest BCUT2D eigenvalue weighted by atomic mass is 9.82. The topological polar surface area (TPSA) is 58.2 Å². The minimum atomic E-state index is -3.44. The summed E-state index contributed by atoms with van der Waals surface area (Å²) < 4.78 is 27.6. The van der Waals surface area contributed by atoms with Crippen LogP contribution in [0.15, 0.2) is 23.1 Å². The van der Waals surface area contributed by atoms with Gasteiger partial charge in [0.25, 0.3) is 0 Å². The number of hydrogen-bond acceptors (Lipinski definition) is 3. The van der Waals surface area contributed by atoms with Crippen LogP contribution in [-0.2, 0) is 16.4 Å². The van der Waals surface area contributed by atoms with Crippen LogP contribution < -0.4 is 10.0 Å². The lowest BCUT2D eigenvalue weighted by Crippen LogP contribution is -2.33. The van der Waals surface area contributed by atoms with Gasteiger partial charge in [-0.15, -0.1) is 0 Å². The molecule has 1 aliphatic heterocycles. The predicted octanol–water partition coefficient (Wildman–Crippen LogP) is 3.01. The van der Waals surface area contributed by atoms with Crippen molar-refractivity contribution in [3.8, 4) is 0 Å². The zero-order valence-corrected chi connectivity index (χ0v) is 14.2. The summed E-state index contributed by atoms with van der Waals surface area (Å²) in [5.74, 6) is 0.267. The molecule has 4 nitrogen and oxygen atoms in total. The van der Waals surface area contributed by atoms with Crippen LogP contribution >= 0.6 is 0 Å². The molecular weight excluding hydrogens is 284 g/mol. The second kappa shape index (κ2) is 5.97. The van der Waals surface area contributed by atoms with Crippen LogP contribution in [0, 0.1) is 11.3 Å². The molecule has 0 bridgehead atoms. The zero-order chi connectivity index (χ0) is 15.7. The maximum Gasteiger partial charge on any atom is 0.240 e. The summed E-state index contributed by atoms with van der Waals surface area (Å²) in [5.41, 5.74) is 2.23. The minimum Gasteiger partial charge on any atom is -0.385 e. The van der Waals surface area contributed by atoms with E-state index >= 15 is 0 Å². The molecule has 1 aliphatic rings. The van der Waals surface area contributed by atoms with Crippen molar-refractivity contribution in [2.24, 2.45) is 11.3 Å². The van der Waals surface area contributed by atoms with Crippen LogP contribution in [0.3, 0.4) is 0 Å². The SMILES string of the molecule is CC(CNS(=O)(=O)c1ccc2c(c1)NCCC2)C(C)(C)C. The number of anilines is 1. The fourth-order valence-electron chi connectivity index (χ4n) is 2.23. The predicted molar refractivity (Wildman–Crippen MR) is 87.1 cm³/mol. The summed E-state index contributed by atoms with van der Waals surface area (Å²) in [6.07, 6.45) is 2.11. The van der Waals surface area contributed by atoms with Crippen molar-refractivity contribution in [2.45, 2.75) is 45.4 Å². The van der Waals surface area contributed by atoms with Gasteiger partial charge in [-0.3, -0.25) is 0 Å². The summed E-state index contributed by atoms with van der Waals surface area (Å²) in [4.78, 5) is 0.344. The molecule has 0 fully saturated rings. The highest BCUT2D eigenvalue weighted by atomic mass is 32.2. The van der Waals surface area contributed by atoms with Gasteiger partial charge >= 0.3 is 0 Å². The monoisotopic (exact) mass is 310 g/mol. The number of sulfonamides is 1. The van der Waals surface area contributed by atoms with Gasteiger partial charge < -0.3 is 5.32 Å². The molecule has 1 aromatic rings. The van der Waals surface area contributed by atoms with Crippen LogP contribution in [-0.4, -0.2) is 21.5 Å². The fraction of sp³-hybridized carbons (Fsp3) is 0.625. The van der Waals surface area contributed by atoms with Gasteiger partial charge in [0, 0.05) is 18.8 Å². The van der Waals surface area contributed by atoms with Crippen molar-refractivity contribution in [1.29, 1.82) is 0 Å². The summed E-state index contributed by atoms with van der Waals surface area (Å²) in [6, 6.07) is 5.37. The number of nitrogens with one attached hydrogen (secondary N) is 2. The second-order valence-corrected chi connectivity index (χ2v) is 8.74. The van der Waals surface area contributed by atoms with E-state index in [4.69, 9.17) is 0 Å². The molecule has 0 spiro atoms. The first-order valence-electron chi connectivity index (χ1n) is 7.56. The second-order valence-electron chi connectivity index (χ2n) is 6.97. The Morgan fingerprint density at radius 2 is 2.05 bits per heavy atom. The van der Waals surface area contributed by atoms with Crippen molar-refractivity contribution >= 4 is 15.7 Å². The van der Waals surface area contributed by atoms with Crippen LogP contribution in [0.1, 0.15) is 39.7 Å². The molecule has 21 heavy (non-hydrogen) atoms. The van der Waals surface area contributed by atoms with Gasteiger partial charge in [-0.2, -0.15) is 0 Å². The van der Waals surface area contributed by atoms with Crippen molar-refractivity contribution in [1.82, 2.24) is 4.72 Å². The number of aryl methyl sites for hydroxylation is 1. The molecular formula is C16H26N2O2S. The summed E-state index contributed by atoms with van der Waals surface area (Å²) >= 11 is 0. The van der Waals surface area contributed by atoms with Crippen molar-refractivity contribution in [3.05, 3.63) is 23.8 Å². The average molecular weight is 310 g/mol. The Morgan fingerprint density at radius 1 is 1.33 bits per heavy atom. The first-order chi connectivity index (χ1) is 9.70. The highest BCUT2D eigenvalue weighted by Crippen LogP contribution is 2.27. The van der Waals surface area contributed by atoms with Crippen LogP contribution in [0.25, 0.3) is 0 Å². The third-order valence-electron chi connectivity index (χ3n) is 4.39. The third kappa shape index (κ3) is 3.98. The standard InChI is InChI=1S/C16H26N2O2S/c1-12(16(2,3)4)11-18-21(19,20)14-8-7-13-6-5-9-17-15(13)10-14/h7-8,10,12,17-18H,5-6,9,11H2,1-4H3. The van der Waals surface area contributed by atoms with E-state index in [1.807, 2.05) is 6.07 Å². The zero-order valence-electron chi connectivity index (χ0n) is 13.4. The maximum absolute atomic E-state index is 12.4. The van der Waals surface area contributed by atoms with Crippen LogP contribution in [0.2, 0.25) is 0 Å². The van der Waals surface area contributed by atoms with E-state index in [0.29, 0.717) is 11.4 Å². The third-order valence-corrected chi connectivity index (χ3v) is 5.81. The molecule has 0 saturated heterocycles. The lowest BCUT2D eigenvalue weighted by Gasteiger charge is -2.27. The first-order valence-corrected chi connectivity index (χ1v) is 9.05. The molecule has 1 aromatic carbocycles. The Balaban J connectivity index is 2.13. The molecule has 0 aliphatic carbocycles. The Kier molecular flexibility index (Phi) is 4.63. The molecule has 0 aromatic heterocycles. The van der Waals surface area contributed by atoms with E-state index in [1.54, 1.807) is 12.1 Å². The highest BCUT2D eigenvalue weighted by Gasteiger charge is 2.23. The van der Waals surface area contributed by atoms with Gasteiger partial charge in [0.1, 0.15) is 0 Å². The number of rotatable bonds is 4. The quantitative estimate of drug-likeness (QED) is 0.899. The normalized spacial score (nSPS) is 17.0. The molecule has 1 unspecified atom stereocenters. The van der Waals surface area contributed by atoms with Crippen molar-refractivity contribution < 1.29 is 8.42 Å². The van der Waals surface area contributed by atoms with E-state index in [2.05, 4.69) is 37.7 Å². The van der Waals surface area contributed by atoms with Crippen molar-refractivity contribution in [2.75, 3.05) is 18.4 Å². The molecule has 0 amide bonds. The van der Waals surface area contributed by atoms with E-state index in [1.165, 1.54) is 5.56 Å². The number of hydrogen-bond donors (Lipinski definition) is 2. The molecule has 2 N–H and O–H groups in total. The van der Waals surface area contributed by atoms with Gasteiger partial charge in [0.05, 0.1) is 4.90 Å². The van der Waals surface area contributed by atoms with Crippen molar-refractivity contribution in [3.63, 3.8) is 0 Å².